The maximum absolute atomic E-state index is 15.1. The molecule has 1 saturated heterocycles. The molecular formula is C25H28F3N5O. The number of benzene rings is 2. The number of rotatable bonds is 9. The molecule has 3 aromatic rings. The fourth-order valence-corrected chi connectivity index (χ4v) is 3.93. The van der Waals surface area contributed by atoms with Gasteiger partial charge in [-0.3, -0.25) is 0 Å². The Morgan fingerprint density at radius 3 is 2.47 bits per heavy atom. The van der Waals surface area contributed by atoms with E-state index in [2.05, 4.69) is 50.7 Å². The van der Waals surface area contributed by atoms with Crippen LogP contribution in [0.25, 0.3) is 11.5 Å². The lowest BCUT2D eigenvalue weighted by Gasteiger charge is -2.40. The molecule has 0 amide bonds. The Kier molecular flexibility index (Phi) is 7.52. The van der Waals surface area contributed by atoms with Crippen LogP contribution in [0.2, 0.25) is 0 Å². The van der Waals surface area contributed by atoms with Crippen LogP contribution >= 0.6 is 0 Å². The van der Waals surface area contributed by atoms with Gasteiger partial charge < -0.3 is 19.1 Å². The van der Waals surface area contributed by atoms with Crippen molar-refractivity contribution in [3.8, 4) is 11.5 Å². The zero-order valence-electron chi connectivity index (χ0n) is 19.1. The number of piperazine rings is 1. The molecule has 34 heavy (non-hydrogen) atoms. The standard InChI is InChI=1S/C25H28F3N5O/c1-18(32-14-12-31(2)13-15-32)33(11-10-19-6-4-3-5-7-19)17-21-9-8-20(16-22(21)26)24-29-30-25(34-24)23(27)28/h3-9,16,23H,1,10-15,17H2,2H3. The highest BCUT2D eigenvalue weighted by Gasteiger charge is 2.22. The summed E-state index contributed by atoms with van der Waals surface area (Å²) in [5, 5.41) is 6.91. The van der Waals surface area contributed by atoms with Crippen LogP contribution in [0.1, 0.15) is 23.4 Å². The summed E-state index contributed by atoms with van der Waals surface area (Å²) in [7, 11) is 2.10. The van der Waals surface area contributed by atoms with Crippen LogP contribution in [-0.2, 0) is 13.0 Å². The molecule has 0 unspecified atom stereocenters. The summed E-state index contributed by atoms with van der Waals surface area (Å²) in [6, 6.07) is 14.6. The molecule has 6 nitrogen and oxygen atoms in total. The summed E-state index contributed by atoms with van der Waals surface area (Å²) in [5.74, 6) is -0.519. The molecule has 1 aliphatic heterocycles. The Bertz CT molecular complexity index is 1100. The Balaban J connectivity index is 1.51. The van der Waals surface area contributed by atoms with Gasteiger partial charge in [0.1, 0.15) is 5.82 Å². The Hall–Kier alpha value is -3.33. The molecule has 1 aromatic heterocycles. The highest BCUT2D eigenvalue weighted by Crippen LogP contribution is 2.26. The molecule has 2 heterocycles. The van der Waals surface area contributed by atoms with E-state index in [-0.39, 0.29) is 11.5 Å². The Labute approximate surface area is 197 Å². The van der Waals surface area contributed by atoms with Crippen molar-refractivity contribution in [2.45, 2.75) is 19.4 Å². The molecule has 180 valence electrons. The largest absolute Gasteiger partial charge is 0.415 e. The highest BCUT2D eigenvalue weighted by molar-refractivity contribution is 5.53. The second kappa shape index (κ2) is 10.7. The predicted molar refractivity (Wildman–Crippen MR) is 123 cm³/mol. The van der Waals surface area contributed by atoms with Crippen LogP contribution in [0.3, 0.4) is 0 Å². The van der Waals surface area contributed by atoms with Gasteiger partial charge >= 0.3 is 6.43 Å². The fourth-order valence-electron chi connectivity index (χ4n) is 3.93. The summed E-state index contributed by atoms with van der Waals surface area (Å²) >= 11 is 0. The van der Waals surface area contributed by atoms with E-state index in [0.717, 1.165) is 38.4 Å². The first-order valence-electron chi connectivity index (χ1n) is 11.2. The quantitative estimate of drug-likeness (QED) is 0.456. The van der Waals surface area contributed by atoms with Crippen molar-refractivity contribution in [3.63, 3.8) is 0 Å². The van der Waals surface area contributed by atoms with Crippen LogP contribution in [0.4, 0.5) is 13.2 Å². The van der Waals surface area contributed by atoms with Gasteiger partial charge in [-0.05, 0) is 31.2 Å². The molecule has 9 heteroatoms. The third-order valence-corrected chi connectivity index (χ3v) is 6.04. The smallest absolute Gasteiger partial charge is 0.314 e. The van der Waals surface area contributed by atoms with Crippen LogP contribution < -0.4 is 0 Å². The predicted octanol–water partition coefficient (Wildman–Crippen LogP) is 4.58. The zero-order chi connectivity index (χ0) is 24.1. The topological polar surface area (TPSA) is 48.6 Å². The molecule has 0 N–H and O–H groups in total. The Morgan fingerprint density at radius 1 is 1.09 bits per heavy atom. The van der Waals surface area contributed by atoms with Gasteiger partial charge in [0.05, 0.1) is 5.82 Å². The number of aromatic nitrogens is 2. The van der Waals surface area contributed by atoms with Crippen LogP contribution in [0, 0.1) is 5.82 Å². The van der Waals surface area contributed by atoms with Crippen molar-refractivity contribution in [1.82, 2.24) is 24.9 Å². The van der Waals surface area contributed by atoms with Gasteiger partial charge in [0.25, 0.3) is 5.89 Å². The third-order valence-electron chi connectivity index (χ3n) is 6.04. The van der Waals surface area contributed by atoms with Gasteiger partial charge in [-0.25, -0.2) is 4.39 Å². The first-order valence-corrected chi connectivity index (χ1v) is 11.2. The molecule has 0 bridgehead atoms. The molecule has 0 spiro atoms. The van der Waals surface area contributed by atoms with Crippen molar-refractivity contribution < 1.29 is 17.6 Å². The van der Waals surface area contributed by atoms with Gasteiger partial charge in [0, 0.05) is 50.4 Å². The summed E-state index contributed by atoms with van der Waals surface area (Å²) < 4.78 is 45.5. The number of halogens is 3. The van der Waals surface area contributed by atoms with Gasteiger partial charge in [0.2, 0.25) is 5.89 Å². The van der Waals surface area contributed by atoms with Gasteiger partial charge in [-0.15, -0.1) is 10.2 Å². The van der Waals surface area contributed by atoms with E-state index in [1.165, 1.54) is 11.6 Å². The van der Waals surface area contributed by atoms with E-state index in [1.54, 1.807) is 12.1 Å². The number of alkyl halides is 2. The lowest BCUT2D eigenvalue weighted by atomic mass is 10.1. The van der Waals surface area contributed by atoms with E-state index in [1.807, 2.05) is 18.2 Å². The minimum absolute atomic E-state index is 0.136. The van der Waals surface area contributed by atoms with Gasteiger partial charge in [-0.1, -0.05) is 43.0 Å². The number of nitrogens with zero attached hydrogens (tertiary/aromatic N) is 5. The van der Waals surface area contributed by atoms with Crippen LogP contribution in [0.5, 0.6) is 0 Å². The van der Waals surface area contributed by atoms with E-state index in [9.17, 15) is 8.78 Å². The molecule has 1 aliphatic rings. The average Bonchev–Trinajstić information content (AvgIpc) is 3.34. The maximum atomic E-state index is 15.1. The second-order valence-electron chi connectivity index (χ2n) is 8.42. The number of hydrogen-bond donors (Lipinski definition) is 0. The SMILES string of the molecule is C=C(N1CCN(C)CC1)N(CCc1ccccc1)Cc1ccc(-c2nnc(C(F)F)o2)cc1F. The van der Waals surface area contributed by atoms with Gasteiger partial charge in [0.15, 0.2) is 0 Å². The molecule has 0 atom stereocenters. The molecule has 2 aromatic carbocycles. The molecule has 0 saturated carbocycles. The zero-order valence-corrected chi connectivity index (χ0v) is 19.1. The number of hydrogen-bond acceptors (Lipinski definition) is 6. The minimum Gasteiger partial charge on any atom is -0.415 e. The van der Waals surface area contributed by atoms with Crippen molar-refractivity contribution in [1.29, 1.82) is 0 Å². The van der Waals surface area contributed by atoms with Crippen molar-refractivity contribution in [3.05, 3.63) is 83.8 Å². The first kappa shape index (κ1) is 23.8. The second-order valence-corrected chi connectivity index (χ2v) is 8.42. The normalized spacial score (nSPS) is 14.6. The molecule has 1 fully saturated rings. The summed E-state index contributed by atoms with van der Waals surface area (Å²) in [6.45, 7) is 8.96. The van der Waals surface area contributed by atoms with Crippen LogP contribution in [-0.4, -0.2) is 64.7 Å². The van der Waals surface area contributed by atoms with Crippen molar-refractivity contribution in [2.75, 3.05) is 39.8 Å². The average molecular weight is 472 g/mol. The van der Waals surface area contributed by atoms with E-state index in [4.69, 9.17) is 4.42 Å². The van der Waals surface area contributed by atoms with Crippen LogP contribution in [0.15, 0.2) is 65.3 Å². The van der Waals surface area contributed by atoms with E-state index >= 15 is 4.39 Å². The first-order chi connectivity index (χ1) is 16.4. The van der Waals surface area contributed by atoms with Gasteiger partial charge in [-0.2, -0.15) is 8.78 Å². The molecular weight excluding hydrogens is 443 g/mol. The minimum atomic E-state index is -2.87. The van der Waals surface area contributed by atoms with Crippen molar-refractivity contribution in [2.24, 2.45) is 0 Å². The third kappa shape index (κ3) is 5.77. The lowest BCUT2D eigenvalue weighted by molar-refractivity contribution is 0.116. The summed E-state index contributed by atoms with van der Waals surface area (Å²) in [6.07, 6.45) is -2.07. The molecule has 0 aliphatic carbocycles. The highest BCUT2D eigenvalue weighted by atomic mass is 19.3. The fraction of sp³-hybridized carbons (Fsp3) is 0.360. The Morgan fingerprint density at radius 2 is 1.82 bits per heavy atom. The van der Waals surface area contributed by atoms with E-state index in [0.29, 0.717) is 18.7 Å². The van der Waals surface area contributed by atoms with Crippen molar-refractivity contribution >= 4 is 0 Å². The lowest BCUT2D eigenvalue weighted by Crippen LogP contribution is -2.47. The monoisotopic (exact) mass is 471 g/mol. The maximum Gasteiger partial charge on any atom is 0.314 e. The summed E-state index contributed by atoms with van der Waals surface area (Å²) in [5.41, 5.74) is 1.93. The molecule has 4 rings (SSSR count). The molecule has 0 radical (unpaired) electrons. The van der Waals surface area contributed by atoms with E-state index < -0.39 is 18.1 Å². The summed E-state index contributed by atoms with van der Waals surface area (Å²) in [4.78, 5) is 6.60. The number of likely N-dealkylation sites (N-methyl/N-ethyl adjacent to an activating group) is 1.